The molecule has 2 aromatic carbocycles. The molecule has 3 rings (SSSR count). The van der Waals surface area contributed by atoms with Crippen LogP contribution >= 0.6 is 0 Å². The average Bonchev–Trinajstić information content (AvgIpc) is 2.87. The van der Waals surface area contributed by atoms with Crippen LogP contribution in [0.1, 0.15) is 47.4 Å². The second kappa shape index (κ2) is 7.14. The molecule has 0 unspecified atom stereocenters. The molecule has 0 bridgehead atoms. The lowest BCUT2D eigenvalue weighted by atomic mass is 10.1. The van der Waals surface area contributed by atoms with Crippen LogP contribution in [0.25, 0.3) is 10.9 Å². The maximum atomic E-state index is 12.4. The predicted octanol–water partition coefficient (Wildman–Crippen LogP) is 4.83. The van der Waals surface area contributed by atoms with Gasteiger partial charge in [0, 0.05) is 34.7 Å². The molecule has 3 nitrogen and oxygen atoms in total. The number of rotatable bonds is 5. The summed E-state index contributed by atoms with van der Waals surface area (Å²) in [7, 11) is 0. The van der Waals surface area contributed by atoms with Crippen molar-refractivity contribution in [3.8, 4) is 0 Å². The van der Waals surface area contributed by atoms with E-state index < -0.39 is 0 Å². The molecule has 1 amide bonds. The van der Waals surface area contributed by atoms with Gasteiger partial charge in [-0.3, -0.25) is 4.79 Å². The Morgan fingerprint density at radius 1 is 1.12 bits per heavy atom. The Balaban J connectivity index is 1.99. The van der Waals surface area contributed by atoms with Gasteiger partial charge in [-0.2, -0.15) is 0 Å². The highest BCUT2D eigenvalue weighted by atomic mass is 16.1. The number of carbonyl (C=O) groups excluding carboxylic acids is 1. The smallest absolute Gasteiger partial charge is 0.251 e. The zero-order valence-corrected chi connectivity index (χ0v) is 15.5. The number of hydrogen-bond donors (Lipinski definition) is 1. The highest BCUT2D eigenvalue weighted by Gasteiger charge is 2.15. The van der Waals surface area contributed by atoms with Crippen LogP contribution < -0.4 is 5.32 Å². The first-order valence-electron chi connectivity index (χ1n) is 8.95. The van der Waals surface area contributed by atoms with Crippen molar-refractivity contribution in [3.05, 3.63) is 70.9 Å². The molecule has 0 saturated carbocycles. The summed E-state index contributed by atoms with van der Waals surface area (Å²) >= 11 is 0. The summed E-state index contributed by atoms with van der Waals surface area (Å²) in [4.78, 5) is 12.4. The number of aromatic nitrogens is 1. The molecule has 25 heavy (non-hydrogen) atoms. The van der Waals surface area contributed by atoms with Crippen LogP contribution in [-0.2, 0) is 6.54 Å². The second-order valence-corrected chi connectivity index (χ2v) is 6.80. The van der Waals surface area contributed by atoms with Gasteiger partial charge in [0.05, 0.1) is 0 Å². The topological polar surface area (TPSA) is 34.0 Å². The standard InChI is InChI=1S/C22H26N2O/c1-5-15(2)23-22(25)19-11-12-21-20(13-19)16(3)17(4)24(21)14-18-9-7-6-8-10-18/h6-13,15H,5,14H2,1-4H3,(H,23,25)/t15-/m0/s1. The van der Waals surface area contributed by atoms with Crippen LogP contribution in [0.3, 0.4) is 0 Å². The van der Waals surface area contributed by atoms with Gasteiger partial charge in [-0.25, -0.2) is 0 Å². The minimum atomic E-state index is 0.00381. The van der Waals surface area contributed by atoms with Crippen LogP contribution in [0.15, 0.2) is 48.5 Å². The fourth-order valence-corrected chi connectivity index (χ4v) is 3.17. The van der Waals surface area contributed by atoms with Gasteiger partial charge in [0.15, 0.2) is 0 Å². The number of nitrogens with zero attached hydrogens (tertiary/aromatic N) is 1. The third-order valence-electron chi connectivity index (χ3n) is 5.07. The van der Waals surface area contributed by atoms with E-state index in [2.05, 4.69) is 61.0 Å². The number of hydrogen-bond acceptors (Lipinski definition) is 1. The molecule has 0 radical (unpaired) electrons. The Morgan fingerprint density at radius 2 is 1.84 bits per heavy atom. The molecule has 0 spiro atoms. The zero-order chi connectivity index (χ0) is 18.0. The molecular weight excluding hydrogens is 308 g/mol. The number of amides is 1. The lowest BCUT2D eigenvalue weighted by Gasteiger charge is -2.12. The normalized spacial score (nSPS) is 12.3. The first-order valence-corrected chi connectivity index (χ1v) is 8.95. The van der Waals surface area contributed by atoms with Crippen LogP contribution in [0.2, 0.25) is 0 Å². The van der Waals surface area contributed by atoms with E-state index in [0.29, 0.717) is 0 Å². The molecule has 0 aliphatic rings. The van der Waals surface area contributed by atoms with Gasteiger partial charge in [-0.1, -0.05) is 37.3 Å². The minimum Gasteiger partial charge on any atom is -0.350 e. The van der Waals surface area contributed by atoms with Crippen molar-refractivity contribution in [2.24, 2.45) is 0 Å². The van der Waals surface area contributed by atoms with Crippen LogP contribution in [-0.4, -0.2) is 16.5 Å². The molecule has 0 aliphatic heterocycles. The number of nitrogens with one attached hydrogen (secondary N) is 1. The zero-order valence-electron chi connectivity index (χ0n) is 15.5. The number of carbonyl (C=O) groups is 1. The van der Waals surface area contributed by atoms with E-state index in [-0.39, 0.29) is 11.9 Å². The molecule has 130 valence electrons. The first kappa shape index (κ1) is 17.3. The third-order valence-corrected chi connectivity index (χ3v) is 5.07. The van der Waals surface area contributed by atoms with Crippen molar-refractivity contribution < 1.29 is 4.79 Å². The van der Waals surface area contributed by atoms with E-state index in [1.54, 1.807) is 0 Å². The molecule has 1 heterocycles. The summed E-state index contributed by atoms with van der Waals surface area (Å²) in [6.07, 6.45) is 0.930. The quantitative estimate of drug-likeness (QED) is 0.712. The number of aryl methyl sites for hydroxylation is 1. The molecule has 0 aliphatic carbocycles. The Bertz CT molecular complexity index is 893. The Morgan fingerprint density at radius 3 is 2.52 bits per heavy atom. The lowest BCUT2D eigenvalue weighted by Crippen LogP contribution is -2.31. The Kier molecular flexibility index (Phi) is 4.93. The number of fused-ring (bicyclic) bond motifs is 1. The average molecular weight is 334 g/mol. The highest BCUT2D eigenvalue weighted by molar-refractivity contribution is 5.99. The summed E-state index contributed by atoms with van der Waals surface area (Å²) < 4.78 is 2.33. The van der Waals surface area contributed by atoms with Gasteiger partial charge in [0.1, 0.15) is 0 Å². The van der Waals surface area contributed by atoms with Crippen molar-refractivity contribution >= 4 is 16.8 Å². The van der Waals surface area contributed by atoms with E-state index in [9.17, 15) is 4.79 Å². The first-order chi connectivity index (χ1) is 12.0. The summed E-state index contributed by atoms with van der Waals surface area (Å²) in [5, 5.41) is 4.20. The van der Waals surface area contributed by atoms with Crippen LogP contribution in [0, 0.1) is 13.8 Å². The Labute approximate surface area is 149 Å². The van der Waals surface area contributed by atoms with E-state index in [4.69, 9.17) is 0 Å². The monoisotopic (exact) mass is 334 g/mol. The van der Waals surface area contributed by atoms with Crippen molar-refractivity contribution in [2.75, 3.05) is 0 Å². The maximum Gasteiger partial charge on any atom is 0.251 e. The van der Waals surface area contributed by atoms with Gasteiger partial charge in [0.25, 0.3) is 5.91 Å². The van der Waals surface area contributed by atoms with Gasteiger partial charge in [0.2, 0.25) is 0 Å². The van der Waals surface area contributed by atoms with Gasteiger partial charge in [-0.05, 0) is 56.5 Å². The Hall–Kier alpha value is -2.55. The molecule has 1 aromatic heterocycles. The fourth-order valence-electron chi connectivity index (χ4n) is 3.17. The molecule has 0 fully saturated rings. The van der Waals surface area contributed by atoms with Crippen molar-refractivity contribution in [1.29, 1.82) is 0 Å². The summed E-state index contributed by atoms with van der Waals surface area (Å²) in [6.45, 7) is 9.23. The highest BCUT2D eigenvalue weighted by Crippen LogP contribution is 2.27. The third kappa shape index (κ3) is 3.46. The van der Waals surface area contributed by atoms with Gasteiger partial charge in [-0.15, -0.1) is 0 Å². The molecule has 3 heteroatoms. The fraction of sp³-hybridized carbons (Fsp3) is 0.318. The van der Waals surface area contributed by atoms with E-state index >= 15 is 0 Å². The van der Waals surface area contributed by atoms with E-state index in [0.717, 1.165) is 23.9 Å². The summed E-state index contributed by atoms with van der Waals surface area (Å²) in [5.41, 5.74) is 5.68. The SMILES string of the molecule is CC[C@H](C)NC(=O)c1ccc2c(c1)c(C)c(C)n2Cc1ccccc1. The van der Waals surface area contributed by atoms with Gasteiger partial charge < -0.3 is 9.88 Å². The van der Waals surface area contributed by atoms with Crippen molar-refractivity contribution in [2.45, 2.75) is 46.7 Å². The van der Waals surface area contributed by atoms with Crippen LogP contribution in [0.5, 0.6) is 0 Å². The molecular formula is C22H26N2O. The molecule has 1 atom stereocenters. The summed E-state index contributed by atoms with van der Waals surface area (Å²) in [5.74, 6) is 0.00381. The molecule has 3 aromatic rings. The van der Waals surface area contributed by atoms with Gasteiger partial charge >= 0.3 is 0 Å². The van der Waals surface area contributed by atoms with E-state index in [1.165, 1.54) is 22.3 Å². The van der Waals surface area contributed by atoms with Crippen LogP contribution in [0.4, 0.5) is 0 Å². The number of benzene rings is 2. The van der Waals surface area contributed by atoms with Crippen molar-refractivity contribution in [3.63, 3.8) is 0 Å². The molecule has 0 saturated heterocycles. The lowest BCUT2D eigenvalue weighted by molar-refractivity contribution is 0.0939. The molecule has 1 N–H and O–H groups in total. The van der Waals surface area contributed by atoms with Crippen molar-refractivity contribution in [1.82, 2.24) is 9.88 Å². The largest absolute Gasteiger partial charge is 0.350 e. The minimum absolute atomic E-state index is 0.00381. The summed E-state index contributed by atoms with van der Waals surface area (Å²) in [6, 6.07) is 16.7. The second-order valence-electron chi connectivity index (χ2n) is 6.80. The maximum absolute atomic E-state index is 12.4. The predicted molar refractivity (Wildman–Crippen MR) is 104 cm³/mol. The van der Waals surface area contributed by atoms with E-state index in [1.807, 2.05) is 25.1 Å².